The Labute approximate surface area is 191 Å². The van der Waals surface area contributed by atoms with Crippen LogP contribution in [0, 0.1) is 10.1 Å². The highest BCUT2D eigenvalue weighted by Crippen LogP contribution is 2.29. The van der Waals surface area contributed by atoms with Gasteiger partial charge in [-0.2, -0.15) is 5.10 Å². The van der Waals surface area contributed by atoms with Crippen LogP contribution in [0.5, 0.6) is 0 Å². The molecule has 33 heavy (non-hydrogen) atoms. The summed E-state index contributed by atoms with van der Waals surface area (Å²) >= 11 is 1.21. The van der Waals surface area contributed by atoms with Gasteiger partial charge in [0.15, 0.2) is 0 Å². The van der Waals surface area contributed by atoms with Crippen LogP contribution in [0.3, 0.4) is 0 Å². The van der Waals surface area contributed by atoms with Gasteiger partial charge >= 0.3 is 5.97 Å². The Morgan fingerprint density at radius 3 is 2.67 bits per heavy atom. The molecule has 0 bridgehead atoms. The molecule has 1 amide bonds. The molecule has 0 aliphatic rings. The lowest BCUT2D eigenvalue weighted by atomic mass is 10.1. The van der Waals surface area contributed by atoms with Crippen LogP contribution < -0.4 is 5.43 Å². The Morgan fingerprint density at radius 1 is 1.15 bits per heavy atom. The maximum Gasteiger partial charge on any atom is 0.338 e. The van der Waals surface area contributed by atoms with E-state index in [2.05, 4.69) is 10.5 Å². The van der Waals surface area contributed by atoms with E-state index in [4.69, 9.17) is 9.15 Å². The molecule has 0 aliphatic carbocycles. The molecule has 0 spiro atoms. The third-order valence-electron chi connectivity index (χ3n) is 4.60. The Morgan fingerprint density at radius 2 is 1.94 bits per heavy atom. The number of ether oxygens (including phenoxy) is 1. The Balaban J connectivity index is 1.40. The summed E-state index contributed by atoms with van der Waals surface area (Å²) in [5.41, 5.74) is 3.61. The summed E-state index contributed by atoms with van der Waals surface area (Å²) in [7, 11) is 0. The average molecular weight is 463 g/mol. The molecule has 0 atom stereocenters. The number of thiophene rings is 1. The zero-order chi connectivity index (χ0) is 23.4. The lowest BCUT2D eigenvalue weighted by molar-refractivity contribution is -0.384. The Hall–Kier alpha value is -4.31. The number of nitro groups is 1. The minimum atomic E-state index is -0.479. The van der Waals surface area contributed by atoms with Crippen LogP contribution in [-0.2, 0) is 4.74 Å². The number of hydrogen-bond acceptors (Lipinski definition) is 8. The van der Waals surface area contributed by atoms with Gasteiger partial charge in [0, 0.05) is 27.8 Å². The van der Waals surface area contributed by atoms with E-state index in [1.165, 1.54) is 29.7 Å². The highest BCUT2D eigenvalue weighted by atomic mass is 32.1. The monoisotopic (exact) mass is 463 g/mol. The predicted molar refractivity (Wildman–Crippen MR) is 124 cm³/mol. The number of hydrazone groups is 1. The minimum Gasteiger partial charge on any atom is -0.462 e. The first kappa shape index (κ1) is 21.9. The van der Waals surface area contributed by atoms with Gasteiger partial charge in [-0.15, -0.1) is 11.3 Å². The Kier molecular flexibility index (Phi) is 6.27. The van der Waals surface area contributed by atoms with Crippen molar-refractivity contribution < 1.29 is 23.7 Å². The van der Waals surface area contributed by atoms with Crippen molar-refractivity contribution in [3.8, 4) is 11.3 Å². The third kappa shape index (κ3) is 4.96. The number of benzene rings is 2. The smallest absolute Gasteiger partial charge is 0.338 e. The highest BCUT2D eigenvalue weighted by molar-refractivity contribution is 7.20. The maximum absolute atomic E-state index is 12.4. The van der Waals surface area contributed by atoms with Crippen LogP contribution in [-0.4, -0.2) is 29.6 Å². The van der Waals surface area contributed by atoms with E-state index in [0.29, 0.717) is 34.0 Å². The molecule has 10 heteroatoms. The van der Waals surface area contributed by atoms with Gasteiger partial charge in [0.25, 0.3) is 11.6 Å². The van der Waals surface area contributed by atoms with Gasteiger partial charge in [0.1, 0.15) is 11.5 Å². The topological polar surface area (TPSA) is 124 Å². The van der Waals surface area contributed by atoms with Crippen LogP contribution >= 0.6 is 11.3 Å². The normalized spacial score (nSPS) is 11.1. The van der Waals surface area contributed by atoms with E-state index >= 15 is 0 Å². The van der Waals surface area contributed by atoms with Crippen LogP contribution in [0.2, 0.25) is 0 Å². The van der Waals surface area contributed by atoms with Gasteiger partial charge in [-0.05, 0) is 43.3 Å². The number of carbonyl (C=O) groups excluding carboxylic acids is 2. The third-order valence-corrected chi connectivity index (χ3v) is 5.71. The second-order valence-electron chi connectivity index (χ2n) is 6.79. The molecule has 166 valence electrons. The molecule has 2 aromatic heterocycles. The van der Waals surface area contributed by atoms with Crippen molar-refractivity contribution in [1.82, 2.24) is 5.43 Å². The summed E-state index contributed by atoms with van der Waals surface area (Å²) in [4.78, 5) is 34.9. The van der Waals surface area contributed by atoms with Crippen molar-refractivity contribution in [2.45, 2.75) is 6.92 Å². The maximum atomic E-state index is 12.4. The largest absolute Gasteiger partial charge is 0.462 e. The van der Waals surface area contributed by atoms with Gasteiger partial charge in [0.2, 0.25) is 0 Å². The number of carbonyl (C=O) groups is 2. The molecule has 1 N–H and O–H groups in total. The molecule has 0 saturated carbocycles. The number of esters is 1. The quantitative estimate of drug-likeness (QED) is 0.178. The second kappa shape index (κ2) is 9.45. The summed E-state index contributed by atoms with van der Waals surface area (Å²) in [5.74, 6) is 0.177. The van der Waals surface area contributed by atoms with E-state index in [1.807, 2.05) is 0 Å². The molecule has 0 unspecified atom stereocenters. The molecule has 0 fully saturated rings. The molecule has 9 nitrogen and oxygen atoms in total. The van der Waals surface area contributed by atoms with E-state index in [9.17, 15) is 19.7 Å². The summed E-state index contributed by atoms with van der Waals surface area (Å²) < 4.78 is 11.4. The lowest BCUT2D eigenvalue weighted by Gasteiger charge is -2.02. The lowest BCUT2D eigenvalue weighted by Crippen LogP contribution is -2.15. The number of nitrogens with zero attached hydrogens (tertiary/aromatic N) is 2. The summed E-state index contributed by atoms with van der Waals surface area (Å²) in [6, 6.07) is 16.3. The summed E-state index contributed by atoms with van der Waals surface area (Å²) in [5, 5.41) is 15.4. The first-order valence-electron chi connectivity index (χ1n) is 9.83. The van der Waals surface area contributed by atoms with Gasteiger partial charge in [-0.3, -0.25) is 14.9 Å². The highest BCUT2D eigenvalue weighted by Gasteiger charge is 2.13. The van der Waals surface area contributed by atoms with E-state index < -0.39 is 10.8 Å². The fourth-order valence-corrected chi connectivity index (χ4v) is 3.96. The molecule has 0 radical (unpaired) electrons. The fourth-order valence-electron chi connectivity index (χ4n) is 3.03. The fraction of sp³-hybridized carbons (Fsp3) is 0.0870. The molecule has 2 heterocycles. The van der Waals surface area contributed by atoms with Crippen LogP contribution in [0.1, 0.15) is 32.7 Å². The standard InChI is InChI=1S/C23H17N3O6S/c1-2-31-23(28)15-5-3-14(4-6-15)19-9-8-18(32-19)13-24-25-22(27)21-12-16-11-17(26(29)30)7-10-20(16)33-21/h3-13H,2H2,1H3,(H,25,27). The molecule has 2 aromatic carbocycles. The van der Waals surface area contributed by atoms with Crippen molar-refractivity contribution in [1.29, 1.82) is 0 Å². The van der Waals surface area contributed by atoms with Crippen molar-refractivity contribution >= 4 is 45.2 Å². The van der Waals surface area contributed by atoms with Gasteiger partial charge < -0.3 is 9.15 Å². The van der Waals surface area contributed by atoms with Crippen molar-refractivity contribution in [3.63, 3.8) is 0 Å². The molecular weight excluding hydrogens is 446 g/mol. The van der Waals surface area contributed by atoms with Crippen LogP contribution in [0.4, 0.5) is 5.69 Å². The van der Waals surface area contributed by atoms with Gasteiger partial charge in [-0.25, -0.2) is 10.2 Å². The number of furan rings is 1. The average Bonchev–Trinajstić information content (AvgIpc) is 3.46. The number of amides is 1. The molecular formula is C23H17N3O6S. The van der Waals surface area contributed by atoms with Crippen molar-refractivity contribution in [2.24, 2.45) is 5.10 Å². The molecule has 4 rings (SSSR count). The first-order valence-corrected chi connectivity index (χ1v) is 10.6. The first-order chi connectivity index (χ1) is 15.9. The SMILES string of the molecule is CCOC(=O)c1ccc(-c2ccc(C=NNC(=O)c3cc4cc([N+](=O)[O-])ccc4s3)o2)cc1. The van der Waals surface area contributed by atoms with E-state index in [1.54, 1.807) is 55.5 Å². The number of hydrogen-bond donors (Lipinski definition) is 1. The van der Waals surface area contributed by atoms with Gasteiger partial charge in [-0.1, -0.05) is 12.1 Å². The minimum absolute atomic E-state index is 0.0329. The van der Waals surface area contributed by atoms with Gasteiger partial charge in [0.05, 0.1) is 28.2 Å². The van der Waals surface area contributed by atoms with Crippen molar-refractivity contribution in [3.05, 3.63) is 87.0 Å². The van der Waals surface area contributed by atoms with Crippen molar-refractivity contribution in [2.75, 3.05) is 6.61 Å². The zero-order valence-corrected chi connectivity index (χ0v) is 18.1. The predicted octanol–water partition coefficient (Wildman–Crippen LogP) is 5.01. The van der Waals surface area contributed by atoms with E-state index in [0.717, 1.165) is 10.3 Å². The summed E-state index contributed by atoms with van der Waals surface area (Å²) in [6.45, 7) is 2.06. The zero-order valence-electron chi connectivity index (χ0n) is 17.3. The summed E-state index contributed by atoms with van der Waals surface area (Å²) in [6.07, 6.45) is 1.37. The number of nitrogens with one attached hydrogen (secondary N) is 1. The molecule has 0 aliphatic heterocycles. The number of fused-ring (bicyclic) bond motifs is 1. The molecule has 0 saturated heterocycles. The Bertz CT molecular complexity index is 1370. The number of nitro benzene ring substituents is 1. The second-order valence-corrected chi connectivity index (χ2v) is 7.87. The van der Waals surface area contributed by atoms with Crippen LogP contribution in [0.25, 0.3) is 21.4 Å². The number of rotatable bonds is 7. The van der Waals surface area contributed by atoms with Crippen LogP contribution in [0.15, 0.2) is 70.2 Å². The number of non-ortho nitro benzene ring substituents is 1. The molecule has 4 aromatic rings. The van der Waals surface area contributed by atoms with E-state index in [-0.39, 0.29) is 11.7 Å².